The van der Waals surface area contributed by atoms with Crippen LogP contribution in [-0.4, -0.2) is 27.6 Å². The van der Waals surface area contributed by atoms with Crippen LogP contribution in [-0.2, 0) is 4.74 Å². The van der Waals surface area contributed by atoms with Gasteiger partial charge in [0, 0.05) is 12.0 Å². The monoisotopic (exact) mass is 275 g/mol. The van der Waals surface area contributed by atoms with Gasteiger partial charge in [0.05, 0.1) is 17.4 Å². The number of carbonyl (C=O) groups is 1. The molecule has 1 atom stereocenters. The highest BCUT2D eigenvalue weighted by Gasteiger charge is 2.20. The van der Waals surface area contributed by atoms with Crippen molar-refractivity contribution in [2.75, 3.05) is 11.9 Å². The van der Waals surface area contributed by atoms with Crippen LogP contribution in [0.15, 0.2) is 18.3 Å². The van der Waals surface area contributed by atoms with Gasteiger partial charge in [-0.25, -0.2) is 9.48 Å². The molecule has 0 aliphatic carbocycles. The molecule has 1 aromatic carbocycles. The zero-order valence-corrected chi connectivity index (χ0v) is 11.3. The molecule has 20 heavy (non-hydrogen) atoms. The van der Waals surface area contributed by atoms with E-state index in [-0.39, 0.29) is 6.23 Å². The Balaban J connectivity index is 2.06. The number of carboxylic acid groups (broad SMARTS) is 1. The van der Waals surface area contributed by atoms with Crippen molar-refractivity contribution in [2.24, 2.45) is 0 Å². The fourth-order valence-corrected chi connectivity index (χ4v) is 2.65. The first-order chi connectivity index (χ1) is 9.66. The Kier molecular flexibility index (Phi) is 3.31. The van der Waals surface area contributed by atoms with E-state index < -0.39 is 6.09 Å². The third-order valence-electron chi connectivity index (χ3n) is 3.65. The summed E-state index contributed by atoms with van der Waals surface area (Å²) in [5, 5.41) is 16.6. The SMILES string of the molecule is Cc1ccc2c(cnn2C2CCCCO2)c1NC(=O)O. The molecule has 0 spiro atoms. The Labute approximate surface area is 116 Å². The summed E-state index contributed by atoms with van der Waals surface area (Å²) < 4.78 is 7.59. The molecule has 1 amide bonds. The number of benzene rings is 1. The third kappa shape index (κ3) is 2.22. The normalized spacial score (nSPS) is 19.1. The number of hydrogen-bond acceptors (Lipinski definition) is 3. The number of aryl methyl sites for hydroxylation is 1. The van der Waals surface area contributed by atoms with Crippen LogP contribution in [0, 0.1) is 6.92 Å². The van der Waals surface area contributed by atoms with Gasteiger partial charge in [-0.3, -0.25) is 5.32 Å². The average molecular weight is 275 g/mol. The molecule has 6 heteroatoms. The van der Waals surface area contributed by atoms with Crippen LogP contribution in [0.2, 0.25) is 0 Å². The van der Waals surface area contributed by atoms with Gasteiger partial charge in [-0.15, -0.1) is 0 Å². The number of aromatic nitrogens is 2. The van der Waals surface area contributed by atoms with Crippen LogP contribution in [0.25, 0.3) is 10.9 Å². The van der Waals surface area contributed by atoms with Gasteiger partial charge in [0.2, 0.25) is 0 Å². The second kappa shape index (κ2) is 5.13. The lowest BCUT2D eigenvalue weighted by Crippen LogP contribution is -2.19. The van der Waals surface area contributed by atoms with E-state index in [1.165, 1.54) is 0 Å². The second-order valence-corrected chi connectivity index (χ2v) is 5.03. The topological polar surface area (TPSA) is 76.4 Å². The van der Waals surface area contributed by atoms with Crippen molar-refractivity contribution in [3.8, 4) is 0 Å². The maximum Gasteiger partial charge on any atom is 0.409 e. The van der Waals surface area contributed by atoms with Crippen molar-refractivity contribution in [3.63, 3.8) is 0 Å². The molecule has 1 unspecified atom stereocenters. The van der Waals surface area contributed by atoms with Crippen LogP contribution in [0.5, 0.6) is 0 Å². The lowest BCUT2D eigenvalue weighted by molar-refractivity contribution is -0.0366. The minimum atomic E-state index is -1.07. The summed E-state index contributed by atoms with van der Waals surface area (Å²) in [4.78, 5) is 10.9. The zero-order valence-electron chi connectivity index (χ0n) is 11.3. The average Bonchev–Trinajstić information content (AvgIpc) is 2.87. The Morgan fingerprint density at radius 1 is 1.50 bits per heavy atom. The molecule has 0 saturated carbocycles. The summed E-state index contributed by atoms with van der Waals surface area (Å²) >= 11 is 0. The Morgan fingerprint density at radius 3 is 3.05 bits per heavy atom. The van der Waals surface area contributed by atoms with E-state index in [9.17, 15) is 4.79 Å². The maximum atomic E-state index is 10.9. The predicted molar refractivity (Wildman–Crippen MR) is 75.0 cm³/mol. The van der Waals surface area contributed by atoms with Gasteiger partial charge in [-0.05, 0) is 37.8 Å². The van der Waals surface area contributed by atoms with Crippen molar-refractivity contribution < 1.29 is 14.6 Å². The standard InChI is InChI=1S/C14H17N3O3/c1-9-5-6-11-10(13(9)16-14(18)19)8-15-17(11)12-4-2-3-7-20-12/h5-6,8,12,16H,2-4,7H2,1H3,(H,18,19). The lowest BCUT2D eigenvalue weighted by Gasteiger charge is -2.23. The van der Waals surface area contributed by atoms with Gasteiger partial charge in [-0.1, -0.05) is 6.07 Å². The van der Waals surface area contributed by atoms with E-state index in [0.29, 0.717) is 5.69 Å². The number of fused-ring (bicyclic) bond motifs is 1. The van der Waals surface area contributed by atoms with Crippen molar-refractivity contribution in [1.82, 2.24) is 9.78 Å². The van der Waals surface area contributed by atoms with E-state index in [4.69, 9.17) is 9.84 Å². The molecule has 1 fully saturated rings. The molecule has 6 nitrogen and oxygen atoms in total. The quantitative estimate of drug-likeness (QED) is 0.882. The largest absolute Gasteiger partial charge is 0.465 e. The fourth-order valence-electron chi connectivity index (χ4n) is 2.65. The van der Waals surface area contributed by atoms with E-state index >= 15 is 0 Å². The number of hydrogen-bond donors (Lipinski definition) is 2. The van der Waals surface area contributed by atoms with Crippen molar-refractivity contribution >= 4 is 22.7 Å². The summed E-state index contributed by atoms with van der Waals surface area (Å²) in [5.74, 6) is 0. The Morgan fingerprint density at radius 2 is 2.35 bits per heavy atom. The van der Waals surface area contributed by atoms with Crippen LogP contribution in [0.4, 0.5) is 10.5 Å². The van der Waals surface area contributed by atoms with Gasteiger partial charge in [0.25, 0.3) is 0 Å². The number of anilines is 1. The first-order valence-corrected chi connectivity index (χ1v) is 6.75. The first-order valence-electron chi connectivity index (χ1n) is 6.75. The molecule has 3 rings (SSSR count). The van der Waals surface area contributed by atoms with Gasteiger partial charge in [0.15, 0.2) is 6.23 Å². The number of ether oxygens (including phenoxy) is 1. The molecule has 0 radical (unpaired) electrons. The number of amides is 1. The zero-order chi connectivity index (χ0) is 14.1. The number of nitrogens with zero attached hydrogens (tertiary/aromatic N) is 2. The van der Waals surface area contributed by atoms with Gasteiger partial charge < -0.3 is 9.84 Å². The second-order valence-electron chi connectivity index (χ2n) is 5.03. The van der Waals surface area contributed by atoms with Gasteiger partial charge in [-0.2, -0.15) is 5.10 Å². The van der Waals surface area contributed by atoms with Crippen molar-refractivity contribution in [1.29, 1.82) is 0 Å². The molecule has 2 aromatic rings. The van der Waals surface area contributed by atoms with E-state index in [1.807, 2.05) is 23.7 Å². The first kappa shape index (κ1) is 12.9. The summed E-state index contributed by atoms with van der Waals surface area (Å²) in [7, 11) is 0. The minimum absolute atomic E-state index is 0.0540. The van der Waals surface area contributed by atoms with Crippen molar-refractivity contribution in [2.45, 2.75) is 32.4 Å². The van der Waals surface area contributed by atoms with Crippen LogP contribution < -0.4 is 5.32 Å². The molecule has 2 N–H and O–H groups in total. The highest BCUT2D eigenvalue weighted by Crippen LogP contribution is 2.31. The Bertz CT molecular complexity index is 644. The molecule has 2 heterocycles. The summed E-state index contributed by atoms with van der Waals surface area (Å²) in [6, 6.07) is 3.86. The number of rotatable bonds is 2. The molecular weight excluding hydrogens is 258 g/mol. The van der Waals surface area contributed by atoms with E-state index in [0.717, 1.165) is 42.3 Å². The molecule has 0 bridgehead atoms. The minimum Gasteiger partial charge on any atom is -0.465 e. The van der Waals surface area contributed by atoms with Crippen LogP contribution in [0.3, 0.4) is 0 Å². The van der Waals surface area contributed by atoms with E-state index in [1.54, 1.807) is 6.20 Å². The molecule has 106 valence electrons. The maximum absolute atomic E-state index is 10.9. The molecule has 1 saturated heterocycles. The highest BCUT2D eigenvalue weighted by molar-refractivity contribution is 5.99. The van der Waals surface area contributed by atoms with Crippen LogP contribution >= 0.6 is 0 Å². The smallest absolute Gasteiger partial charge is 0.409 e. The van der Waals surface area contributed by atoms with E-state index in [2.05, 4.69) is 10.4 Å². The van der Waals surface area contributed by atoms with Gasteiger partial charge in [0.1, 0.15) is 0 Å². The highest BCUT2D eigenvalue weighted by atomic mass is 16.5. The lowest BCUT2D eigenvalue weighted by atomic mass is 10.1. The third-order valence-corrected chi connectivity index (χ3v) is 3.65. The molecule has 1 aliphatic heterocycles. The predicted octanol–water partition coefficient (Wildman–Crippen LogP) is 3.13. The van der Waals surface area contributed by atoms with Crippen molar-refractivity contribution in [3.05, 3.63) is 23.9 Å². The summed E-state index contributed by atoms with van der Waals surface area (Å²) in [6.45, 7) is 2.62. The molecular formula is C14H17N3O3. The molecule has 1 aromatic heterocycles. The summed E-state index contributed by atoms with van der Waals surface area (Å²) in [5.41, 5.74) is 2.37. The molecule has 1 aliphatic rings. The fraction of sp³-hybridized carbons (Fsp3) is 0.429. The summed E-state index contributed by atoms with van der Waals surface area (Å²) in [6.07, 6.45) is 3.72. The number of nitrogens with one attached hydrogen (secondary N) is 1. The Hall–Kier alpha value is -2.08. The van der Waals surface area contributed by atoms with Crippen LogP contribution in [0.1, 0.15) is 31.1 Å². The van der Waals surface area contributed by atoms with Gasteiger partial charge >= 0.3 is 6.09 Å².